The summed E-state index contributed by atoms with van der Waals surface area (Å²) in [5, 5.41) is 9.54. The van der Waals surface area contributed by atoms with Crippen LogP contribution in [0.25, 0.3) is 0 Å². The van der Waals surface area contributed by atoms with Crippen LogP contribution in [-0.2, 0) is 10.0 Å². The van der Waals surface area contributed by atoms with E-state index in [0.29, 0.717) is 12.8 Å². The summed E-state index contributed by atoms with van der Waals surface area (Å²) in [6.07, 6.45) is 0.419. The number of sulfonamides is 1. The van der Waals surface area contributed by atoms with E-state index in [4.69, 9.17) is 5.73 Å². The van der Waals surface area contributed by atoms with Crippen LogP contribution in [0.1, 0.15) is 18.4 Å². The second-order valence-electron chi connectivity index (χ2n) is 4.81. The lowest BCUT2D eigenvalue weighted by Crippen LogP contribution is -2.42. The Balaban J connectivity index is 2.45. The first kappa shape index (κ1) is 14.2. The summed E-state index contributed by atoms with van der Waals surface area (Å²) in [6.45, 7) is 1.75. The number of nitrogens with two attached hydrogens (primary N) is 1. The maximum atomic E-state index is 14.0. The molecule has 1 unspecified atom stereocenters. The Hall–Kier alpha value is -1.18. The summed E-state index contributed by atoms with van der Waals surface area (Å²) in [4.78, 5) is -0.417. The average Bonchev–Trinajstić information content (AvgIpc) is 2.33. The van der Waals surface area contributed by atoms with Crippen LogP contribution in [0, 0.1) is 12.7 Å². The van der Waals surface area contributed by atoms with Crippen LogP contribution in [0.5, 0.6) is 0 Å². The number of nitrogens with zero attached hydrogens (tertiary/aromatic N) is 1. The summed E-state index contributed by atoms with van der Waals surface area (Å²) in [6, 6.07) is 2.51. The lowest BCUT2D eigenvalue weighted by atomic mass is 10.1. The second kappa shape index (κ2) is 5.07. The predicted octanol–water partition coefficient (Wildman–Crippen LogP) is 0.862. The van der Waals surface area contributed by atoms with E-state index in [1.54, 1.807) is 0 Å². The van der Waals surface area contributed by atoms with Crippen LogP contribution in [0.3, 0.4) is 0 Å². The van der Waals surface area contributed by atoms with Crippen molar-refractivity contribution in [2.75, 3.05) is 18.8 Å². The molecule has 3 N–H and O–H groups in total. The van der Waals surface area contributed by atoms with Crippen molar-refractivity contribution in [2.24, 2.45) is 0 Å². The molecule has 1 aromatic rings. The fourth-order valence-corrected chi connectivity index (χ4v) is 3.92. The molecule has 1 heterocycles. The molecule has 1 saturated heterocycles. The zero-order chi connectivity index (χ0) is 14.2. The molecule has 0 aliphatic carbocycles. The van der Waals surface area contributed by atoms with E-state index in [2.05, 4.69) is 0 Å². The number of nitrogen functional groups attached to an aromatic ring is 1. The van der Waals surface area contributed by atoms with Crippen molar-refractivity contribution >= 4 is 15.7 Å². The lowest BCUT2D eigenvalue weighted by Gasteiger charge is -2.29. The topological polar surface area (TPSA) is 83.6 Å². The summed E-state index contributed by atoms with van der Waals surface area (Å²) in [7, 11) is -3.95. The third-order valence-corrected chi connectivity index (χ3v) is 5.08. The van der Waals surface area contributed by atoms with Gasteiger partial charge in [-0.05, 0) is 37.5 Å². The summed E-state index contributed by atoms with van der Waals surface area (Å²) in [5.41, 5.74) is 5.98. The highest BCUT2D eigenvalue weighted by molar-refractivity contribution is 7.89. The normalized spacial score (nSPS) is 21.5. The van der Waals surface area contributed by atoms with Gasteiger partial charge in [0.2, 0.25) is 10.0 Å². The van der Waals surface area contributed by atoms with E-state index >= 15 is 0 Å². The first-order chi connectivity index (χ1) is 8.82. The Kier molecular flexibility index (Phi) is 3.80. The SMILES string of the molecule is Cc1cc(N)cc(S(=O)(=O)N2CCCC(O)C2)c1F. The number of rotatable bonds is 2. The first-order valence-corrected chi connectivity index (χ1v) is 7.50. The molecule has 0 bridgehead atoms. The third kappa shape index (κ3) is 2.72. The number of hydrogen-bond acceptors (Lipinski definition) is 4. The molecule has 0 saturated carbocycles. The largest absolute Gasteiger partial charge is 0.399 e. The average molecular weight is 288 g/mol. The third-order valence-electron chi connectivity index (χ3n) is 3.22. The summed E-state index contributed by atoms with van der Waals surface area (Å²) < 4.78 is 39.9. The zero-order valence-corrected chi connectivity index (χ0v) is 11.5. The van der Waals surface area contributed by atoms with Gasteiger partial charge >= 0.3 is 0 Å². The fourth-order valence-electron chi connectivity index (χ4n) is 2.23. The smallest absolute Gasteiger partial charge is 0.246 e. The van der Waals surface area contributed by atoms with Crippen molar-refractivity contribution in [3.05, 3.63) is 23.5 Å². The quantitative estimate of drug-likeness (QED) is 0.791. The van der Waals surface area contributed by atoms with Gasteiger partial charge in [0.1, 0.15) is 10.7 Å². The summed E-state index contributed by atoms with van der Waals surface area (Å²) in [5.74, 6) is -0.783. The Morgan fingerprint density at radius 1 is 1.47 bits per heavy atom. The molecule has 1 atom stereocenters. The number of aryl methyl sites for hydroxylation is 1. The number of benzene rings is 1. The minimum absolute atomic E-state index is 0.00435. The highest BCUT2D eigenvalue weighted by Crippen LogP contribution is 2.26. The lowest BCUT2D eigenvalue weighted by molar-refractivity contribution is 0.108. The Labute approximate surface area is 111 Å². The van der Waals surface area contributed by atoms with Gasteiger partial charge in [-0.1, -0.05) is 0 Å². The number of anilines is 1. The molecule has 0 spiro atoms. The van der Waals surface area contributed by atoms with Gasteiger partial charge in [-0.25, -0.2) is 12.8 Å². The molecule has 2 rings (SSSR count). The van der Waals surface area contributed by atoms with Gasteiger partial charge in [-0.2, -0.15) is 4.31 Å². The van der Waals surface area contributed by atoms with Crippen LogP contribution in [0.15, 0.2) is 17.0 Å². The molecule has 0 amide bonds. The van der Waals surface area contributed by atoms with E-state index in [0.717, 1.165) is 10.4 Å². The Morgan fingerprint density at radius 3 is 2.79 bits per heavy atom. The van der Waals surface area contributed by atoms with Crippen LogP contribution in [0.2, 0.25) is 0 Å². The molecular formula is C12H17FN2O3S. The van der Waals surface area contributed by atoms with Crippen molar-refractivity contribution in [3.8, 4) is 0 Å². The molecule has 1 aliphatic rings. The molecular weight excluding hydrogens is 271 g/mol. The highest BCUT2D eigenvalue weighted by atomic mass is 32.2. The second-order valence-corrected chi connectivity index (χ2v) is 6.72. The molecule has 5 nitrogen and oxygen atoms in total. The van der Waals surface area contributed by atoms with Crippen molar-refractivity contribution in [1.29, 1.82) is 0 Å². The monoisotopic (exact) mass is 288 g/mol. The van der Waals surface area contributed by atoms with Gasteiger partial charge in [0.15, 0.2) is 0 Å². The Morgan fingerprint density at radius 2 is 2.16 bits per heavy atom. The molecule has 0 radical (unpaired) electrons. The summed E-state index contributed by atoms with van der Waals surface area (Å²) >= 11 is 0. The predicted molar refractivity (Wildman–Crippen MR) is 69.5 cm³/mol. The number of halogens is 1. The van der Waals surface area contributed by atoms with Crippen LogP contribution in [0.4, 0.5) is 10.1 Å². The van der Waals surface area contributed by atoms with Gasteiger partial charge in [0.25, 0.3) is 0 Å². The maximum absolute atomic E-state index is 14.0. The first-order valence-electron chi connectivity index (χ1n) is 6.06. The van der Waals surface area contributed by atoms with Crippen LogP contribution in [-0.4, -0.2) is 37.0 Å². The molecule has 106 valence electrons. The molecule has 1 fully saturated rings. The molecule has 19 heavy (non-hydrogen) atoms. The van der Waals surface area contributed by atoms with Gasteiger partial charge in [0, 0.05) is 18.8 Å². The number of aliphatic hydroxyl groups is 1. The van der Waals surface area contributed by atoms with E-state index in [-0.39, 0.29) is 24.3 Å². The number of hydrogen-bond donors (Lipinski definition) is 2. The standard InChI is InChI=1S/C12H17FN2O3S/c1-8-5-9(14)6-11(12(8)13)19(17,18)15-4-2-3-10(16)7-15/h5-6,10,16H,2-4,7,14H2,1H3. The van der Waals surface area contributed by atoms with Crippen molar-refractivity contribution in [2.45, 2.75) is 30.8 Å². The van der Waals surface area contributed by atoms with E-state index in [9.17, 15) is 17.9 Å². The number of aliphatic hydroxyl groups excluding tert-OH is 1. The van der Waals surface area contributed by atoms with Crippen molar-refractivity contribution in [1.82, 2.24) is 4.31 Å². The number of piperidine rings is 1. The minimum atomic E-state index is -3.95. The van der Waals surface area contributed by atoms with Crippen molar-refractivity contribution in [3.63, 3.8) is 0 Å². The van der Waals surface area contributed by atoms with Gasteiger partial charge in [-0.3, -0.25) is 0 Å². The van der Waals surface area contributed by atoms with Crippen LogP contribution >= 0.6 is 0 Å². The zero-order valence-electron chi connectivity index (χ0n) is 10.6. The molecule has 1 aromatic carbocycles. The number of β-amino-alcohol motifs (C(OH)–C–C–N with tert-alkyl or cyclic N) is 1. The fraction of sp³-hybridized carbons (Fsp3) is 0.500. The molecule has 1 aliphatic heterocycles. The van der Waals surface area contributed by atoms with Crippen LogP contribution < -0.4 is 5.73 Å². The van der Waals surface area contributed by atoms with Gasteiger partial charge < -0.3 is 10.8 Å². The highest BCUT2D eigenvalue weighted by Gasteiger charge is 2.32. The van der Waals surface area contributed by atoms with E-state index < -0.39 is 26.8 Å². The Bertz CT molecular complexity index is 589. The van der Waals surface area contributed by atoms with E-state index in [1.165, 1.54) is 13.0 Å². The maximum Gasteiger partial charge on any atom is 0.246 e. The minimum Gasteiger partial charge on any atom is -0.399 e. The molecule has 7 heteroatoms. The van der Waals surface area contributed by atoms with Crippen molar-refractivity contribution < 1.29 is 17.9 Å². The van der Waals surface area contributed by atoms with Gasteiger partial charge in [-0.15, -0.1) is 0 Å². The molecule has 0 aromatic heterocycles. The van der Waals surface area contributed by atoms with Gasteiger partial charge in [0.05, 0.1) is 6.10 Å². The van der Waals surface area contributed by atoms with E-state index in [1.807, 2.05) is 0 Å².